The van der Waals surface area contributed by atoms with E-state index in [2.05, 4.69) is 11.5 Å². The Hall–Kier alpha value is -0.410. The summed E-state index contributed by atoms with van der Waals surface area (Å²) in [6.07, 6.45) is 9.64. The lowest BCUT2D eigenvalue weighted by Gasteiger charge is -2.53. The van der Waals surface area contributed by atoms with Gasteiger partial charge in [-0.3, -0.25) is 0 Å². The van der Waals surface area contributed by atoms with E-state index in [1.807, 2.05) is 18.4 Å². The Morgan fingerprint density at radius 3 is 2.44 bits per heavy atom. The lowest BCUT2D eigenvalue weighted by atomic mass is 9.52. The van der Waals surface area contributed by atoms with Crippen LogP contribution < -0.4 is 5.32 Å². The van der Waals surface area contributed by atoms with Gasteiger partial charge in [0.25, 0.3) is 0 Å². The molecular weight excluding hydrogens is 240 g/mol. The quantitative estimate of drug-likeness (QED) is 0.903. The van der Waals surface area contributed by atoms with Crippen LogP contribution in [0.1, 0.15) is 47.9 Å². The van der Waals surface area contributed by atoms with Crippen molar-refractivity contribution in [3.05, 3.63) is 16.1 Å². The lowest BCUT2D eigenvalue weighted by Crippen LogP contribution is -2.43. The first kappa shape index (κ1) is 11.4. The molecule has 18 heavy (non-hydrogen) atoms. The molecule has 4 aliphatic carbocycles. The molecule has 2 nitrogen and oxygen atoms in total. The highest BCUT2D eigenvalue weighted by Crippen LogP contribution is 2.60. The molecule has 1 N–H and O–H groups in total. The van der Waals surface area contributed by atoms with E-state index in [9.17, 15) is 0 Å². The fourth-order valence-electron chi connectivity index (χ4n) is 5.06. The van der Waals surface area contributed by atoms with Crippen LogP contribution in [0.2, 0.25) is 0 Å². The molecule has 0 amide bonds. The van der Waals surface area contributed by atoms with Crippen LogP contribution in [0.3, 0.4) is 0 Å². The van der Waals surface area contributed by atoms with Crippen LogP contribution in [0.15, 0.2) is 6.20 Å². The molecule has 0 spiro atoms. The average Bonchev–Trinajstić information content (AvgIpc) is 2.76. The molecule has 4 fully saturated rings. The highest BCUT2D eigenvalue weighted by atomic mass is 32.1. The molecule has 5 rings (SSSR count). The minimum Gasteiger partial charge on any atom is -0.315 e. The summed E-state index contributed by atoms with van der Waals surface area (Å²) in [4.78, 5) is 6.16. The van der Waals surface area contributed by atoms with Gasteiger partial charge in [0.15, 0.2) is 0 Å². The number of nitrogens with one attached hydrogen (secondary N) is 1. The second-order valence-electron chi connectivity index (χ2n) is 6.65. The van der Waals surface area contributed by atoms with Gasteiger partial charge >= 0.3 is 0 Å². The number of hydrogen-bond acceptors (Lipinski definition) is 3. The highest BCUT2D eigenvalue weighted by molar-refractivity contribution is 7.11. The van der Waals surface area contributed by atoms with Crippen molar-refractivity contribution in [1.29, 1.82) is 0 Å². The molecule has 4 bridgehead atoms. The predicted octanol–water partition coefficient (Wildman–Crippen LogP) is 3.40. The van der Waals surface area contributed by atoms with Gasteiger partial charge in [-0.2, -0.15) is 0 Å². The third-order valence-corrected chi connectivity index (χ3v) is 6.53. The molecule has 0 aromatic carbocycles. The number of rotatable bonds is 3. The van der Waals surface area contributed by atoms with E-state index in [1.54, 1.807) is 6.42 Å². The Kier molecular flexibility index (Phi) is 2.73. The molecule has 0 radical (unpaired) electrons. The van der Waals surface area contributed by atoms with Gasteiger partial charge in [0.1, 0.15) is 0 Å². The Morgan fingerprint density at radius 2 is 1.83 bits per heavy atom. The fourth-order valence-corrected chi connectivity index (χ4v) is 6.28. The van der Waals surface area contributed by atoms with Crippen LogP contribution in [0.4, 0.5) is 0 Å². The molecule has 0 aliphatic heterocycles. The standard InChI is InChI=1S/C15H22N2S/c1-16-7-13-8-17-15(18-13)14-11-3-9-2-10(5-11)6-12(14)4-9/h8-12,14,16H,2-7H2,1H3. The highest BCUT2D eigenvalue weighted by Gasteiger charge is 2.49. The van der Waals surface area contributed by atoms with E-state index in [0.717, 1.165) is 36.1 Å². The lowest BCUT2D eigenvalue weighted by molar-refractivity contribution is -0.00283. The summed E-state index contributed by atoms with van der Waals surface area (Å²) in [5, 5.41) is 4.69. The Morgan fingerprint density at radius 1 is 1.17 bits per heavy atom. The zero-order valence-electron chi connectivity index (χ0n) is 11.1. The summed E-state index contributed by atoms with van der Waals surface area (Å²) in [6, 6.07) is 0. The smallest absolute Gasteiger partial charge is 0.0964 e. The molecule has 1 aromatic heterocycles. The molecule has 1 aromatic rings. The van der Waals surface area contributed by atoms with Gasteiger partial charge in [-0.05, 0) is 62.8 Å². The molecule has 3 heteroatoms. The molecular formula is C15H22N2S. The van der Waals surface area contributed by atoms with Gasteiger partial charge in [0.2, 0.25) is 0 Å². The summed E-state index contributed by atoms with van der Waals surface area (Å²) in [5.74, 6) is 4.89. The van der Waals surface area contributed by atoms with Gasteiger partial charge < -0.3 is 5.32 Å². The number of thiazole rings is 1. The van der Waals surface area contributed by atoms with E-state index in [4.69, 9.17) is 4.98 Å². The molecule has 0 saturated heterocycles. The van der Waals surface area contributed by atoms with E-state index >= 15 is 0 Å². The molecule has 4 aliphatic rings. The van der Waals surface area contributed by atoms with Crippen LogP contribution in [-0.4, -0.2) is 12.0 Å². The summed E-state index contributed by atoms with van der Waals surface area (Å²) in [5.41, 5.74) is 0. The van der Waals surface area contributed by atoms with Crippen LogP contribution in [0.25, 0.3) is 0 Å². The van der Waals surface area contributed by atoms with Crippen molar-refractivity contribution in [2.24, 2.45) is 23.7 Å². The van der Waals surface area contributed by atoms with Crippen molar-refractivity contribution in [2.75, 3.05) is 7.05 Å². The van der Waals surface area contributed by atoms with Crippen molar-refractivity contribution in [3.63, 3.8) is 0 Å². The van der Waals surface area contributed by atoms with E-state index in [0.29, 0.717) is 0 Å². The molecule has 0 atom stereocenters. The maximum Gasteiger partial charge on any atom is 0.0964 e. The summed E-state index contributed by atoms with van der Waals surface area (Å²) in [7, 11) is 2.02. The van der Waals surface area contributed by atoms with Crippen LogP contribution in [0.5, 0.6) is 0 Å². The first-order chi connectivity index (χ1) is 8.83. The predicted molar refractivity (Wildman–Crippen MR) is 74.7 cm³/mol. The monoisotopic (exact) mass is 262 g/mol. The normalized spacial score (nSPS) is 41.5. The Balaban J connectivity index is 1.60. The number of nitrogens with zero attached hydrogens (tertiary/aromatic N) is 1. The van der Waals surface area contributed by atoms with Crippen molar-refractivity contribution in [3.8, 4) is 0 Å². The van der Waals surface area contributed by atoms with Gasteiger partial charge in [0.05, 0.1) is 5.01 Å². The zero-order valence-corrected chi connectivity index (χ0v) is 11.9. The molecule has 0 unspecified atom stereocenters. The van der Waals surface area contributed by atoms with Crippen molar-refractivity contribution in [1.82, 2.24) is 10.3 Å². The van der Waals surface area contributed by atoms with Gasteiger partial charge in [-0.15, -0.1) is 11.3 Å². The third-order valence-electron chi connectivity index (χ3n) is 5.43. The van der Waals surface area contributed by atoms with Crippen molar-refractivity contribution >= 4 is 11.3 Å². The van der Waals surface area contributed by atoms with Crippen molar-refractivity contribution < 1.29 is 0 Å². The maximum atomic E-state index is 4.76. The Labute approximate surface area is 113 Å². The van der Waals surface area contributed by atoms with Crippen LogP contribution in [-0.2, 0) is 6.54 Å². The van der Waals surface area contributed by atoms with E-state index < -0.39 is 0 Å². The fraction of sp³-hybridized carbons (Fsp3) is 0.800. The summed E-state index contributed by atoms with van der Waals surface area (Å²) in [6.45, 7) is 0.977. The second-order valence-corrected chi connectivity index (χ2v) is 7.80. The van der Waals surface area contributed by atoms with Gasteiger partial charge in [0, 0.05) is 23.5 Å². The molecule has 98 valence electrons. The topological polar surface area (TPSA) is 24.9 Å². The first-order valence-corrected chi connectivity index (χ1v) is 8.24. The van der Waals surface area contributed by atoms with Crippen LogP contribution >= 0.6 is 11.3 Å². The van der Waals surface area contributed by atoms with E-state index in [1.165, 1.54) is 35.6 Å². The third kappa shape index (κ3) is 1.75. The second kappa shape index (κ2) is 4.31. The molecule has 4 saturated carbocycles. The largest absolute Gasteiger partial charge is 0.315 e. The zero-order chi connectivity index (χ0) is 12.1. The maximum absolute atomic E-state index is 4.76. The minimum atomic E-state index is 0.813. The van der Waals surface area contributed by atoms with Crippen LogP contribution in [0, 0.1) is 23.7 Å². The Bertz CT molecular complexity index is 411. The van der Waals surface area contributed by atoms with E-state index in [-0.39, 0.29) is 0 Å². The minimum absolute atomic E-state index is 0.813. The number of hydrogen-bond donors (Lipinski definition) is 1. The SMILES string of the molecule is CNCc1cnc(C2C3CC4CC(C3)CC2C4)s1. The number of aromatic nitrogens is 1. The average molecular weight is 262 g/mol. The summed E-state index contributed by atoms with van der Waals surface area (Å²) < 4.78 is 0. The van der Waals surface area contributed by atoms with Gasteiger partial charge in [-0.25, -0.2) is 4.98 Å². The summed E-state index contributed by atoms with van der Waals surface area (Å²) >= 11 is 1.96. The van der Waals surface area contributed by atoms with Crippen molar-refractivity contribution in [2.45, 2.75) is 44.6 Å². The first-order valence-electron chi connectivity index (χ1n) is 7.42. The molecule has 1 heterocycles. The van der Waals surface area contributed by atoms with Gasteiger partial charge in [-0.1, -0.05) is 0 Å².